The molecule has 1 saturated heterocycles. The minimum Gasteiger partial charge on any atom is -0.493 e. The number of methoxy groups -OCH3 is 2. The Morgan fingerprint density at radius 2 is 1.75 bits per heavy atom. The van der Waals surface area contributed by atoms with Crippen molar-refractivity contribution in [3.63, 3.8) is 0 Å². The summed E-state index contributed by atoms with van der Waals surface area (Å²) in [6.45, 7) is 10.7. The van der Waals surface area contributed by atoms with Crippen LogP contribution in [-0.2, 0) is 6.54 Å². The van der Waals surface area contributed by atoms with Gasteiger partial charge in [0.25, 0.3) is 0 Å². The van der Waals surface area contributed by atoms with Gasteiger partial charge in [-0.25, -0.2) is 4.99 Å². The summed E-state index contributed by atoms with van der Waals surface area (Å²) in [6, 6.07) is 5.78. The Hall–Kier alpha value is -1.26. The summed E-state index contributed by atoms with van der Waals surface area (Å²) in [6.07, 6.45) is 2.28. The molecule has 28 heavy (non-hydrogen) atoms. The van der Waals surface area contributed by atoms with E-state index in [9.17, 15) is 0 Å². The van der Waals surface area contributed by atoms with Crippen LogP contribution < -0.4 is 20.5 Å². The number of piperazine rings is 1. The molecule has 0 radical (unpaired) electrons. The molecule has 0 spiro atoms. The summed E-state index contributed by atoms with van der Waals surface area (Å²) >= 11 is 0. The van der Waals surface area contributed by atoms with Crippen LogP contribution in [0.2, 0.25) is 0 Å². The largest absolute Gasteiger partial charge is 0.493 e. The minimum absolute atomic E-state index is 0. The summed E-state index contributed by atoms with van der Waals surface area (Å²) < 4.78 is 10.6. The van der Waals surface area contributed by atoms with Crippen molar-refractivity contribution in [2.75, 3.05) is 60.0 Å². The normalized spacial score (nSPS) is 15.8. The zero-order valence-electron chi connectivity index (χ0n) is 17.4. The third-order valence-electron chi connectivity index (χ3n) is 5.00. The molecule has 2 rings (SSSR count). The van der Waals surface area contributed by atoms with Gasteiger partial charge in [-0.1, -0.05) is 13.0 Å². The summed E-state index contributed by atoms with van der Waals surface area (Å²) in [4.78, 5) is 9.47. The predicted molar refractivity (Wildman–Crippen MR) is 126 cm³/mol. The summed E-state index contributed by atoms with van der Waals surface area (Å²) in [5, 5.41) is 3.20. The van der Waals surface area contributed by atoms with Crippen molar-refractivity contribution in [2.45, 2.75) is 26.3 Å². The molecule has 1 aromatic carbocycles. The van der Waals surface area contributed by atoms with Gasteiger partial charge < -0.3 is 30.3 Å². The monoisotopic (exact) mass is 505 g/mol. The van der Waals surface area contributed by atoms with E-state index in [0.29, 0.717) is 24.0 Å². The van der Waals surface area contributed by atoms with Gasteiger partial charge >= 0.3 is 0 Å². The third kappa shape index (κ3) is 8.40. The van der Waals surface area contributed by atoms with E-state index in [2.05, 4.69) is 27.0 Å². The fourth-order valence-electron chi connectivity index (χ4n) is 3.22. The van der Waals surface area contributed by atoms with Gasteiger partial charge in [-0.05, 0) is 43.6 Å². The van der Waals surface area contributed by atoms with Crippen LogP contribution in [0.4, 0.5) is 0 Å². The Balaban J connectivity index is 0.00000392. The number of halogens is 1. The quantitative estimate of drug-likeness (QED) is 0.220. The zero-order valence-corrected chi connectivity index (χ0v) is 19.8. The number of aliphatic imine (C=N–C) groups is 1. The smallest absolute Gasteiger partial charge is 0.188 e. The average Bonchev–Trinajstić information content (AvgIpc) is 2.72. The number of nitrogens with two attached hydrogens (primary N) is 1. The predicted octanol–water partition coefficient (Wildman–Crippen LogP) is 2.14. The molecular weight excluding hydrogens is 469 g/mol. The first-order valence-electron chi connectivity index (χ1n) is 9.85. The molecule has 160 valence electrons. The lowest BCUT2D eigenvalue weighted by molar-refractivity contribution is 0.136. The summed E-state index contributed by atoms with van der Waals surface area (Å²) in [5.41, 5.74) is 7.00. The van der Waals surface area contributed by atoms with Gasteiger partial charge in [0.2, 0.25) is 0 Å². The minimum atomic E-state index is 0. The Kier molecular flexibility index (Phi) is 12.2. The number of benzene rings is 1. The molecule has 0 amide bonds. The average molecular weight is 505 g/mol. The number of rotatable bonds is 10. The highest BCUT2D eigenvalue weighted by molar-refractivity contribution is 14.0. The van der Waals surface area contributed by atoms with E-state index in [1.807, 2.05) is 18.2 Å². The number of likely N-dealkylation sites (N-methyl/N-ethyl adjacent to an activating group) is 1. The van der Waals surface area contributed by atoms with Gasteiger partial charge in [0.1, 0.15) is 0 Å². The van der Waals surface area contributed by atoms with Crippen LogP contribution >= 0.6 is 24.0 Å². The molecular formula is C20H36IN5O2. The fourth-order valence-corrected chi connectivity index (χ4v) is 3.22. The second kappa shape index (κ2) is 13.8. The molecule has 0 saturated carbocycles. The first-order valence-corrected chi connectivity index (χ1v) is 9.85. The van der Waals surface area contributed by atoms with E-state index in [1.165, 1.54) is 45.7 Å². The van der Waals surface area contributed by atoms with Gasteiger partial charge in [-0.15, -0.1) is 24.0 Å². The third-order valence-corrected chi connectivity index (χ3v) is 5.00. The Labute approximate surface area is 186 Å². The van der Waals surface area contributed by atoms with Crippen molar-refractivity contribution in [3.05, 3.63) is 23.8 Å². The Bertz CT molecular complexity index is 592. The molecule has 0 aliphatic carbocycles. The Morgan fingerprint density at radius 1 is 1.07 bits per heavy atom. The van der Waals surface area contributed by atoms with Crippen LogP contribution in [-0.4, -0.2) is 75.8 Å². The van der Waals surface area contributed by atoms with Crippen molar-refractivity contribution in [1.29, 1.82) is 0 Å². The van der Waals surface area contributed by atoms with E-state index >= 15 is 0 Å². The molecule has 1 aliphatic rings. The van der Waals surface area contributed by atoms with Crippen LogP contribution in [0.15, 0.2) is 23.2 Å². The summed E-state index contributed by atoms with van der Waals surface area (Å²) in [7, 11) is 3.26. The van der Waals surface area contributed by atoms with Crippen molar-refractivity contribution in [2.24, 2.45) is 10.7 Å². The second-order valence-corrected chi connectivity index (χ2v) is 6.80. The van der Waals surface area contributed by atoms with Crippen LogP contribution in [0.1, 0.15) is 25.3 Å². The molecule has 0 bridgehead atoms. The van der Waals surface area contributed by atoms with E-state index in [0.717, 1.165) is 18.5 Å². The standard InChI is InChI=1S/C20H35N5O2.HI/c1-4-24-11-13-25(14-12-24)10-6-5-9-22-20(21)23-16-17-7-8-18(26-2)19(15-17)27-3;/h7-8,15H,4-6,9-14,16H2,1-3H3,(H3,21,22,23);1H. The molecule has 0 unspecified atom stereocenters. The maximum Gasteiger partial charge on any atom is 0.188 e. The van der Waals surface area contributed by atoms with E-state index in [4.69, 9.17) is 15.2 Å². The van der Waals surface area contributed by atoms with Crippen molar-refractivity contribution in [3.8, 4) is 11.5 Å². The van der Waals surface area contributed by atoms with Crippen molar-refractivity contribution in [1.82, 2.24) is 15.1 Å². The lowest BCUT2D eigenvalue weighted by Crippen LogP contribution is -2.46. The van der Waals surface area contributed by atoms with Crippen molar-refractivity contribution >= 4 is 29.9 Å². The number of guanidine groups is 1. The highest BCUT2D eigenvalue weighted by atomic mass is 127. The van der Waals surface area contributed by atoms with Gasteiger partial charge in [0.15, 0.2) is 17.5 Å². The van der Waals surface area contributed by atoms with Crippen molar-refractivity contribution < 1.29 is 9.47 Å². The lowest BCUT2D eigenvalue weighted by atomic mass is 10.2. The molecule has 3 N–H and O–H groups in total. The maximum atomic E-state index is 5.97. The Morgan fingerprint density at radius 3 is 2.39 bits per heavy atom. The van der Waals surface area contributed by atoms with Gasteiger partial charge in [-0.3, -0.25) is 0 Å². The molecule has 1 aromatic rings. The van der Waals surface area contributed by atoms with Crippen LogP contribution in [0.3, 0.4) is 0 Å². The van der Waals surface area contributed by atoms with Crippen LogP contribution in [0.25, 0.3) is 0 Å². The highest BCUT2D eigenvalue weighted by Gasteiger charge is 2.14. The number of hydrogen-bond donors (Lipinski definition) is 2. The number of ether oxygens (including phenoxy) is 2. The maximum absolute atomic E-state index is 5.97. The molecule has 1 aliphatic heterocycles. The molecule has 1 fully saturated rings. The first-order chi connectivity index (χ1) is 13.2. The number of hydrogen-bond acceptors (Lipinski definition) is 5. The topological polar surface area (TPSA) is 75.4 Å². The molecule has 0 atom stereocenters. The zero-order chi connectivity index (χ0) is 19.5. The molecule has 1 heterocycles. The number of nitrogens with zero attached hydrogens (tertiary/aromatic N) is 3. The molecule has 7 nitrogen and oxygen atoms in total. The fraction of sp³-hybridized carbons (Fsp3) is 0.650. The summed E-state index contributed by atoms with van der Waals surface area (Å²) in [5.74, 6) is 1.91. The van der Waals surface area contributed by atoms with Crippen LogP contribution in [0.5, 0.6) is 11.5 Å². The first kappa shape index (κ1) is 24.8. The highest BCUT2D eigenvalue weighted by Crippen LogP contribution is 2.27. The van der Waals surface area contributed by atoms with Crippen LogP contribution in [0, 0.1) is 0 Å². The van der Waals surface area contributed by atoms with E-state index in [-0.39, 0.29) is 24.0 Å². The number of nitrogens with one attached hydrogen (secondary N) is 1. The lowest BCUT2D eigenvalue weighted by Gasteiger charge is -2.33. The van der Waals surface area contributed by atoms with E-state index in [1.54, 1.807) is 14.2 Å². The second-order valence-electron chi connectivity index (χ2n) is 6.80. The SMILES string of the molecule is CCN1CCN(CCCCNC(N)=NCc2ccc(OC)c(OC)c2)CC1.I. The molecule has 8 heteroatoms. The number of unbranched alkanes of at least 4 members (excludes halogenated alkanes) is 1. The van der Waals surface area contributed by atoms with Gasteiger partial charge in [-0.2, -0.15) is 0 Å². The molecule has 0 aromatic heterocycles. The van der Waals surface area contributed by atoms with Gasteiger partial charge in [0.05, 0.1) is 20.8 Å². The van der Waals surface area contributed by atoms with E-state index < -0.39 is 0 Å². The van der Waals surface area contributed by atoms with Gasteiger partial charge in [0, 0.05) is 32.7 Å².